The predicted molar refractivity (Wildman–Crippen MR) is 108 cm³/mol. The summed E-state index contributed by atoms with van der Waals surface area (Å²) < 4.78 is 17.1. The van der Waals surface area contributed by atoms with Gasteiger partial charge in [-0.3, -0.25) is 0 Å². The van der Waals surface area contributed by atoms with Crippen molar-refractivity contribution in [3.05, 3.63) is 60.2 Å². The summed E-state index contributed by atoms with van der Waals surface area (Å²) in [7, 11) is 0. The fourth-order valence-electron chi connectivity index (χ4n) is 5.16. The van der Waals surface area contributed by atoms with Crippen LogP contribution in [0.2, 0.25) is 0 Å². The van der Waals surface area contributed by atoms with Crippen LogP contribution in [0, 0.1) is 5.92 Å². The van der Waals surface area contributed by atoms with E-state index in [0.717, 1.165) is 59.8 Å². The van der Waals surface area contributed by atoms with E-state index in [0.29, 0.717) is 12.3 Å². The third kappa shape index (κ3) is 2.30. The monoisotopic (exact) mass is 375 g/mol. The smallest absolute Gasteiger partial charge is 0.203 e. The quantitative estimate of drug-likeness (QED) is 0.727. The molecule has 0 bridgehead atoms. The molecule has 3 aliphatic rings. The SMILES string of the molecule is FC1CC=CC2=C1C(C1CCN(c3nc4ccccc4[nH]3)CC1)n1cncc12. The molecule has 4 heterocycles. The molecule has 0 radical (unpaired) electrons. The molecule has 1 aromatic carbocycles. The molecule has 1 saturated heterocycles. The molecule has 142 valence electrons. The summed E-state index contributed by atoms with van der Waals surface area (Å²) >= 11 is 0. The second-order valence-electron chi connectivity index (χ2n) is 8.01. The Kier molecular flexibility index (Phi) is 3.48. The summed E-state index contributed by atoms with van der Waals surface area (Å²) in [5.74, 6) is 1.36. The highest BCUT2D eigenvalue weighted by molar-refractivity contribution is 5.80. The van der Waals surface area contributed by atoms with Crippen LogP contribution in [0.15, 0.2) is 54.5 Å². The van der Waals surface area contributed by atoms with E-state index in [1.807, 2.05) is 36.8 Å². The van der Waals surface area contributed by atoms with E-state index in [-0.39, 0.29) is 6.04 Å². The highest BCUT2D eigenvalue weighted by Crippen LogP contribution is 2.48. The van der Waals surface area contributed by atoms with Crippen LogP contribution in [0.4, 0.5) is 10.3 Å². The minimum absolute atomic E-state index is 0.102. The number of nitrogens with zero attached hydrogens (tertiary/aromatic N) is 4. The Morgan fingerprint density at radius 1 is 1.14 bits per heavy atom. The summed E-state index contributed by atoms with van der Waals surface area (Å²) in [6.07, 6.45) is 9.45. The Balaban J connectivity index is 1.26. The standard InChI is InChI=1S/C22H22FN5/c23-16-5-3-4-15-19-12-24-13-28(19)21(20(15)16)14-8-10-27(11-9-14)22-25-17-6-1-2-7-18(17)26-22/h1-4,6-7,12-14,16,21H,5,8-11H2,(H,25,26). The third-order valence-electron chi connectivity index (χ3n) is 6.50. The maximum Gasteiger partial charge on any atom is 0.203 e. The highest BCUT2D eigenvalue weighted by atomic mass is 19.1. The number of imidazole rings is 2. The van der Waals surface area contributed by atoms with Crippen molar-refractivity contribution in [2.75, 3.05) is 18.0 Å². The zero-order valence-corrected chi connectivity index (χ0v) is 15.6. The number of aromatic nitrogens is 4. The molecule has 28 heavy (non-hydrogen) atoms. The number of nitrogens with one attached hydrogen (secondary N) is 1. The lowest BCUT2D eigenvalue weighted by molar-refractivity contribution is 0.271. The molecule has 1 aliphatic carbocycles. The molecule has 6 heteroatoms. The van der Waals surface area contributed by atoms with Crippen molar-refractivity contribution in [2.24, 2.45) is 5.92 Å². The fourth-order valence-corrected chi connectivity index (χ4v) is 5.16. The molecule has 3 aromatic rings. The molecule has 0 spiro atoms. The van der Waals surface area contributed by atoms with Gasteiger partial charge in [-0.1, -0.05) is 24.3 Å². The van der Waals surface area contributed by atoms with Crippen molar-refractivity contribution in [3.8, 4) is 0 Å². The number of piperidine rings is 1. The minimum Gasteiger partial charge on any atom is -0.342 e. The van der Waals surface area contributed by atoms with E-state index >= 15 is 0 Å². The first-order chi connectivity index (χ1) is 13.8. The van der Waals surface area contributed by atoms with Gasteiger partial charge in [-0.05, 0) is 36.5 Å². The molecule has 1 N–H and O–H groups in total. The van der Waals surface area contributed by atoms with Crippen LogP contribution in [-0.2, 0) is 0 Å². The Morgan fingerprint density at radius 2 is 2.00 bits per heavy atom. The summed E-state index contributed by atoms with van der Waals surface area (Å²) in [5, 5.41) is 0. The molecular formula is C22H22FN5. The van der Waals surface area contributed by atoms with E-state index in [1.54, 1.807) is 0 Å². The number of alkyl halides is 1. The second-order valence-corrected chi connectivity index (χ2v) is 8.01. The number of para-hydroxylation sites is 2. The largest absolute Gasteiger partial charge is 0.342 e. The van der Waals surface area contributed by atoms with Gasteiger partial charge >= 0.3 is 0 Å². The molecule has 1 fully saturated rings. The molecular weight excluding hydrogens is 353 g/mol. The lowest BCUT2D eigenvalue weighted by atomic mass is 9.81. The number of aromatic amines is 1. The van der Waals surface area contributed by atoms with Crippen LogP contribution in [0.5, 0.6) is 0 Å². The zero-order valence-electron chi connectivity index (χ0n) is 15.6. The van der Waals surface area contributed by atoms with Crippen molar-refractivity contribution < 1.29 is 4.39 Å². The van der Waals surface area contributed by atoms with Gasteiger partial charge in [0.05, 0.1) is 35.3 Å². The normalized spacial score (nSPS) is 24.8. The predicted octanol–water partition coefficient (Wildman–Crippen LogP) is 4.28. The summed E-state index contributed by atoms with van der Waals surface area (Å²) in [5.41, 5.74) is 5.17. The topological polar surface area (TPSA) is 49.7 Å². The number of allylic oxidation sites excluding steroid dienone is 4. The van der Waals surface area contributed by atoms with Crippen molar-refractivity contribution in [3.63, 3.8) is 0 Å². The van der Waals surface area contributed by atoms with E-state index < -0.39 is 6.17 Å². The van der Waals surface area contributed by atoms with Gasteiger partial charge in [0.25, 0.3) is 0 Å². The first-order valence-corrected chi connectivity index (χ1v) is 10.1. The molecule has 5 nitrogen and oxygen atoms in total. The van der Waals surface area contributed by atoms with Gasteiger partial charge in [0, 0.05) is 25.1 Å². The molecule has 2 atom stereocenters. The number of rotatable bonds is 2. The lowest BCUT2D eigenvalue weighted by Crippen LogP contribution is -2.38. The Labute approximate surface area is 162 Å². The lowest BCUT2D eigenvalue weighted by Gasteiger charge is -2.37. The van der Waals surface area contributed by atoms with Crippen molar-refractivity contribution in [1.29, 1.82) is 0 Å². The first kappa shape index (κ1) is 16.1. The van der Waals surface area contributed by atoms with Crippen LogP contribution >= 0.6 is 0 Å². The summed E-state index contributed by atoms with van der Waals surface area (Å²) in [6.45, 7) is 1.86. The highest BCUT2D eigenvalue weighted by Gasteiger charge is 2.41. The Hall–Kier alpha value is -2.89. The third-order valence-corrected chi connectivity index (χ3v) is 6.50. The van der Waals surface area contributed by atoms with E-state index in [2.05, 4.69) is 31.6 Å². The Morgan fingerprint density at radius 3 is 2.86 bits per heavy atom. The Bertz CT molecular complexity index is 1070. The molecule has 6 rings (SSSR count). The number of H-pyrrole nitrogens is 1. The maximum absolute atomic E-state index is 14.9. The molecule has 2 aromatic heterocycles. The van der Waals surface area contributed by atoms with Crippen molar-refractivity contribution in [2.45, 2.75) is 31.5 Å². The first-order valence-electron chi connectivity index (χ1n) is 10.1. The average molecular weight is 375 g/mol. The van der Waals surface area contributed by atoms with Crippen molar-refractivity contribution in [1.82, 2.24) is 19.5 Å². The number of anilines is 1. The van der Waals surface area contributed by atoms with Crippen LogP contribution in [0.3, 0.4) is 0 Å². The van der Waals surface area contributed by atoms with Crippen LogP contribution in [-0.4, -0.2) is 38.8 Å². The number of fused-ring (bicyclic) bond motifs is 3. The van der Waals surface area contributed by atoms with Crippen LogP contribution < -0.4 is 4.90 Å². The number of benzene rings is 1. The van der Waals surface area contributed by atoms with Gasteiger partial charge < -0.3 is 14.5 Å². The van der Waals surface area contributed by atoms with Gasteiger partial charge in [-0.15, -0.1) is 0 Å². The maximum atomic E-state index is 14.9. The van der Waals surface area contributed by atoms with Crippen molar-refractivity contribution >= 4 is 22.6 Å². The number of halogens is 1. The second kappa shape index (κ2) is 6.06. The molecule has 2 aliphatic heterocycles. The summed E-state index contributed by atoms with van der Waals surface area (Å²) in [6, 6.07) is 8.23. The van der Waals surface area contributed by atoms with E-state index in [9.17, 15) is 4.39 Å². The molecule has 0 saturated carbocycles. The van der Waals surface area contributed by atoms with Gasteiger partial charge in [-0.2, -0.15) is 0 Å². The van der Waals surface area contributed by atoms with E-state index in [1.165, 1.54) is 0 Å². The van der Waals surface area contributed by atoms with Gasteiger partial charge in [-0.25, -0.2) is 14.4 Å². The summed E-state index contributed by atoms with van der Waals surface area (Å²) in [4.78, 5) is 14.8. The van der Waals surface area contributed by atoms with Gasteiger partial charge in [0.1, 0.15) is 6.17 Å². The van der Waals surface area contributed by atoms with Gasteiger partial charge in [0.2, 0.25) is 5.95 Å². The molecule has 2 unspecified atom stereocenters. The fraction of sp³-hybridized carbons (Fsp3) is 0.364. The van der Waals surface area contributed by atoms with Crippen LogP contribution in [0.25, 0.3) is 16.6 Å². The average Bonchev–Trinajstić information content (AvgIpc) is 3.42. The zero-order chi connectivity index (χ0) is 18.7. The van der Waals surface area contributed by atoms with Gasteiger partial charge in [0.15, 0.2) is 0 Å². The number of hydrogen-bond donors (Lipinski definition) is 1. The van der Waals surface area contributed by atoms with E-state index in [4.69, 9.17) is 4.98 Å². The van der Waals surface area contributed by atoms with Crippen LogP contribution in [0.1, 0.15) is 31.0 Å². The minimum atomic E-state index is -0.877. The number of hydrogen-bond acceptors (Lipinski definition) is 3. The molecule has 0 amide bonds.